The number of para-hydroxylation sites is 1. The second-order valence-corrected chi connectivity index (χ2v) is 6.30. The Morgan fingerprint density at radius 1 is 1.07 bits per heavy atom. The molecule has 6 heteroatoms. The standard InChI is InChI=1S/C21H24N2O4/c1-2-19(24)27-22-21(25)20(16-8-4-3-5-9-16)17-10-6-7-11-18(17)23-12-14-26-15-13-23/h3-11,20H,2,12-15H2,1H3,(H,22,25). The first-order valence-corrected chi connectivity index (χ1v) is 9.16. The topological polar surface area (TPSA) is 67.9 Å². The molecule has 1 atom stereocenters. The summed E-state index contributed by atoms with van der Waals surface area (Å²) in [5.41, 5.74) is 5.03. The molecular weight excluding hydrogens is 344 g/mol. The van der Waals surface area contributed by atoms with Crippen LogP contribution in [-0.2, 0) is 19.2 Å². The molecule has 0 spiro atoms. The van der Waals surface area contributed by atoms with Gasteiger partial charge in [0, 0.05) is 25.2 Å². The number of carbonyl (C=O) groups is 2. The van der Waals surface area contributed by atoms with E-state index < -0.39 is 11.9 Å². The maximum atomic E-state index is 13.0. The molecule has 1 unspecified atom stereocenters. The minimum Gasteiger partial charge on any atom is -0.378 e. The first-order chi connectivity index (χ1) is 13.2. The van der Waals surface area contributed by atoms with Crippen molar-refractivity contribution in [3.05, 3.63) is 65.7 Å². The molecule has 1 amide bonds. The summed E-state index contributed by atoms with van der Waals surface area (Å²) < 4.78 is 5.45. The molecule has 1 heterocycles. The zero-order valence-corrected chi connectivity index (χ0v) is 15.4. The van der Waals surface area contributed by atoms with E-state index in [-0.39, 0.29) is 12.3 Å². The SMILES string of the molecule is CCC(=O)ONC(=O)C(c1ccccc1)c1ccccc1N1CCOCC1. The number of amides is 1. The Morgan fingerprint density at radius 2 is 1.74 bits per heavy atom. The van der Waals surface area contributed by atoms with Gasteiger partial charge < -0.3 is 14.5 Å². The third-order valence-electron chi connectivity index (χ3n) is 4.55. The third kappa shape index (κ3) is 4.65. The van der Waals surface area contributed by atoms with E-state index in [2.05, 4.69) is 10.4 Å². The zero-order valence-electron chi connectivity index (χ0n) is 15.4. The van der Waals surface area contributed by atoms with Gasteiger partial charge in [0.2, 0.25) is 0 Å². The Kier molecular flexibility index (Phi) is 6.44. The van der Waals surface area contributed by atoms with Crippen molar-refractivity contribution in [1.82, 2.24) is 5.48 Å². The van der Waals surface area contributed by atoms with Gasteiger partial charge in [0.1, 0.15) is 0 Å². The van der Waals surface area contributed by atoms with Crippen LogP contribution in [0.5, 0.6) is 0 Å². The molecule has 3 rings (SSSR count). The highest BCUT2D eigenvalue weighted by atomic mass is 16.7. The van der Waals surface area contributed by atoms with E-state index in [9.17, 15) is 9.59 Å². The molecule has 1 N–H and O–H groups in total. The quantitative estimate of drug-likeness (QED) is 0.822. The number of carbonyl (C=O) groups excluding carboxylic acids is 2. The minimum absolute atomic E-state index is 0.195. The van der Waals surface area contributed by atoms with Gasteiger partial charge in [-0.05, 0) is 17.2 Å². The van der Waals surface area contributed by atoms with E-state index in [1.54, 1.807) is 6.92 Å². The Bertz CT molecular complexity index is 773. The maximum Gasteiger partial charge on any atom is 0.331 e. The van der Waals surface area contributed by atoms with Crippen LogP contribution in [0.1, 0.15) is 30.4 Å². The summed E-state index contributed by atoms with van der Waals surface area (Å²) in [6.07, 6.45) is 0.195. The number of nitrogens with one attached hydrogen (secondary N) is 1. The van der Waals surface area contributed by atoms with E-state index in [0.29, 0.717) is 13.2 Å². The number of nitrogens with zero attached hydrogens (tertiary/aromatic N) is 1. The highest BCUT2D eigenvalue weighted by Crippen LogP contribution is 2.33. The van der Waals surface area contributed by atoms with Gasteiger partial charge >= 0.3 is 5.97 Å². The van der Waals surface area contributed by atoms with Crippen LogP contribution in [0.3, 0.4) is 0 Å². The molecule has 142 valence electrons. The van der Waals surface area contributed by atoms with Gasteiger partial charge in [-0.3, -0.25) is 4.79 Å². The summed E-state index contributed by atoms with van der Waals surface area (Å²) in [5, 5.41) is 0. The maximum absolute atomic E-state index is 13.0. The van der Waals surface area contributed by atoms with Gasteiger partial charge in [-0.15, -0.1) is 0 Å². The van der Waals surface area contributed by atoms with Crippen LogP contribution in [0.15, 0.2) is 54.6 Å². The second kappa shape index (κ2) is 9.19. The van der Waals surface area contributed by atoms with Crippen molar-refractivity contribution in [2.45, 2.75) is 19.3 Å². The predicted octanol–water partition coefficient (Wildman–Crippen LogP) is 2.64. The molecule has 0 radical (unpaired) electrons. The van der Waals surface area contributed by atoms with Crippen molar-refractivity contribution in [1.29, 1.82) is 0 Å². The molecular formula is C21H24N2O4. The monoisotopic (exact) mass is 368 g/mol. The number of anilines is 1. The van der Waals surface area contributed by atoms with Gasteiger partial charge in [0.25, 0.3) is 5.91 Å². The summed E-state index contributed by atoms with van der Waals surface area (Å²) >= 11 is 0. The highest BCUT2D eigenvalue weighted by Gasteiger charge is 2.28. The summed E-state index contributed by atoms with van der Waals surface area (Å²) in [6, 6.07) is 17.3. The van der Waals surface area contributed by atoms with Crippen LogP contribution in [0, 0.1) is 0 Å². The molecule has 2 aromatic carbocycles. The second-order valence-electron chi connectivity index (χ2n) is 6.30. The summed E-state index contributed by atoms with van der Waals surface area (Å²) in [7, 11) is 0. The first kappa shape index (κ1) is 18.9. The van der Waals surface area contributed by atoms with Crippen molar-refractivity contribution >= 4 is 17.6 Å². The first-order valence-electron chi connectivity index (χ1n) is 9.16. The fourth-order valence-electron chi connectivity index (χ4n) is 3.18. The number of morpholine rings is 1. The Morgan fingerprint density at radius 3 is 2.44 bits per heavy atom. The number of ether oxygens (including phenoxy) is 1. The van der Waals surface area contributed by atoms with Crippen LogP contribution in [-0.4, -0.2) is 38.2 Å². The minimum atomic E-state index is -0.588. The zero-order chi connectivity index (χ0) is 19.1. The molecule has 1 aliphatic rings. The number of rotatable bonds is 5. The van der Waals surface area contributed by atoms with Crippen molar-refractivity contribution in [2.75, 3.05) is 31.2 Å². The Labute approximate surface area is 159 Å². The fourth-order valence-corrected chi connectivity index (χ4v) is 3.18. The largest absolute Gasteiger partial charge is 0.378 e. The van der Waals surface area contributed by atoms with Gasteiger partial charge in [-0.25, -0.2) is 4.79 Å². The lowest BCUT2D eigenvalue weighted by atomic mass is 9.89. The molecule has 1 saturated heterocycles. The highest BCUT2D eigenvalue weighted by molar-refractivity contribution is 5.89. The lowest BCUT2D eigenvalue weighted by Crippen LogP contribution is -2.38. The number of benzene rings is 2. The molecule has 0 saturated carbocycles. The van der Waals surface area contributed by atoms with Gasteiger partial charge in [0.05, 0.1) is 19.1 Å². The van der Waals surface area contributed by atoms with Crippen LogP contribution in [0.25, 0.3) is 0 Å². The summed E-state index contributed by atoms with van der Waals surface area (Å²) in [5.74, 6) is -1.43. The number of hydroxylamine groups is 1. The van der Waals surface area contributed by atoms with E-state index in [4.69, 9.17) is 9.57 Å². The molecule has 0 bridgehead atoms. The Hall–Kier alpha value is -2.86. The molecule has 1 fully saturated rings. The van der Waals surface area contributed by atoms with Crippen molar-refractivity contribution in [3.8, 4) is 0 Å². The van der Waals surface area contributed by atoms with Gasteiger partial charge in [0.15, 0.2) is 0 Å². The molecule has 6 nitrogen and oxygen atoms in total. The van der Waals surface area contributed by atoms with Crippen LogP contribution in [0.2, 0.25) is 0 Å². The van der Waals surface area contributed by atoms with E-state index in [1.807, 2.05) is 54.6 Å². The van der Waals surface area contributed by atoms with Gasteiger partial charge in [-0.2, -0.15) is 5.48 Å². The average molecular weight is 368 g/mol. The predicted molar refractivity (Wildman–Crippen MR) is 102 cm³/mol. The molecule has 2 aromatic rings. The number of hydrogen-bond acceptors (Lipinski definition) is 5. The fraction of sp³-hybridized carbons (Fsp3) is 0.333. The van der Waals surface area contributed by atoms with E-state index in [1.165, 1.54) is 0 Å². The number of hydrogen-bond donors (Lipinski definition) is 1. The third-order valence-corrected chi connectivity index (χ3v) is 4.55. The van der Waals surface area contributed by atoms with E-state index in [0.717, 1.165) is 29.9 Å². The van der Waals surface area contributed by atoms with Crippen LogP contribution in [0.4, 0.5) is 5.69 Å². The lowest BCUT2D eigenvalue weighted by Gasteiger charge is -2.32. The van der Waals surface area contributed by atoms with Gasteiger partial charge in [-0.1, -0.05) is 55.5 Å². The summed E-state index contributed by atoms with van der Waals surface area (Å²) in [6.45, 7) is 4.53. The average Bonchev–Trinajstić information content (AvgIpc) is 2.74. The molecule has 1 aliphatic heterocycles. The molecule has 27 heavy (non-hydrogen) atoms. The van der Waals surface area contributed by atoms with E-state index >= 15 is 0 Å². The van der Waals surface area contributed by atoms with Crippen molar-refractivity contribution < 1.29 is 19.2 Å². The normalized spacial score (nSPS) is 15.1. The van der Waals surface area contributed by atoms with Crippen molar-refractivity contribution in [2.24, 2.45) is 0 Å². The summed E-state index contributed by atoms with van der Waals surface area (Å²) in [4.78, 5) is 31.5. The lowest BCUT2D eigenvalue weighted by molar-refractivity contribution is -0.158. The molecule has 0 aromatic heterocycles. The van der Waals surface area contributed by atoms with Crippen LogP contribution >= 0.6 is 0 Å². The van der Waals surface area contributed by atoms with Crippen molar-refractivity contribution in [3.63, 3.8) is 0 Å². The Balaban J connectivity index is 1.96. The smallest absolute Gasteiger partial charge is 0.331 e. The van der Waals surface area contributed by atoms with Crippen LogP contribution < -0.4 is 10.4 Å². The molecule has 0 aliphatic carbocycles.